The van der Waals surface area contributed by atoms with E-state index in [1.807, 2.05) is 13.0 Å². The van der Waals surface area contributed by atoms with Crippen LogP contribution in [0, 0.1) is 6.92 Å². The molecule has 3 heterocycles. The molecule has 10 nitrogen and oxygen atoms in total. The smallest absolute Gasteiger partial charge is 0.325 e. The zero-order chi connectivity index (χ0) is 20.8. The van der Waals surface area contributed by atoms with Crippen LogP contribution in [-0.4, -0.2) is 40.3 Å². The van der Waals surface area contributed by atoms with Gasteiger partial charge in [0.25, 0.3) is 11.5 Å². The van der Waals surface area contributed by atoms with Crippen LogP contribution >= 0.6 is 0 Å². The van der Waals surface area contributed by atoms with Crippen LogP contribution in [0.3, 0.4) is 0 Å². The third-order valence-corrected chi connectivity index (χ3v) is 3.90. The van der Waals surface area contributed by atoms with Gasteiger partial charge in [0.05, 0.1) is 18.5 Å². The summed E-state index contributed by atoms with van der Waals surface area (Å²) in [6.45, 7) is 0.901. The SMILES string of the molecule is Cc1cccn2c(=O)cc(COC(=O)CNC(=O)CNC(=O)c3ccco3)nc12. The second-order valence-electron chi connectivity index (χ2n) is 6.07. The van der Waals surface area contributed by atoms with Gasteiger partial charge in [-0.15, -0.1) is 0 Å². The molecule has 3 rings (SSSR count). The van der Waals surface area contributed by atoms with Crippen molar-refractivity contribution in [1.82, 2.24) is 20.0 Å². The maximum atomic E-state index is 12.1. The van der Waals surface area contributed by atoms with E-state index in [0.717, 1.165) is 5.56 Å². The summed E-state index contributed by atoms with van der Waals surface area (Å²) in [6.07, 6.45) is 2.94. The molecule has 0 fully saturated rings. The Morgan fingerprint density at radius 1 is 1.17 bits per heavy atom. The number of fused-ring (bicyclic) bond motifs is 1. The highest BCUT2D eigenvalue weighted by atomic mass is 16.5. The van der Waals surface area contributed by atoms with Crippen LogP contribution in [0.15, 0.2) is 52.0 Å². The molecule has 0 aliphatic rings. The van der Waals surface area contributed by atoms with Gasteiger partial charge in [-0.3, -0.25) is 23.6 Å². The number of hydrogen-bond donors (Lipinski definition) is 2. The number of carbonyl (C=O) groups excluding carboxylic acids is 3. The molecule has 150 valence electrons. The Bertz CT molecular complexity index is 1100. The van der Waals surface area contributed by atoms with Crippen molar-refractivity contribution in [2.24, 2.45) is 0 Å². The van der Waals surface area contributed by atoms with Gasteiger partial charge in [-0.2, -0.15) is 0 Å². The largest absolute Gasteiger partial charge is 0.459 e. The minimum atomic E-state index is -0.706. The average Bonchev–Trinajstić information content (AvgIpc) is 3.24. The topological polar surface area (TPSA) is 132 Å². The van der Waals surface area contributed by atoms with Gasteiger partial charge in [0, 0.05) is 12.3 Å². The summed E-state index contributed by atoms with van der Waals surface area (Å²) >= 11 is 0. The van der Waals surface area contributed by atoms with Crippen LogP contribution in [0.2, 0.25) is 0 Å². The number of aryl methyl sites for hydroxylation is 1. The molecule has 0 bridgehead atoms. The van der Waals surface area contributed by atoms with Crippen LogP contribution in [0.4, 0.5) is 0 Å². The Balaban J connectivity index is 1.46. The summed E-state index contributed by atoms with van der Waals surface area (Å²) in [7, 11) is 0. The predicted octanol–water partition coefficient (Wildman–Crippen LogP) is 0.185. The van der Waals surface area contributed by atoms with Crippen molar-refractivity contribution in [3.63, 3.8) is 0 Å². The Morgan fingerprint density at radius 3 is 2.76 bits per heavy atom. The number of ether oxygens (including phenoxy) is 1. The number of pyridine rings is 1. The first kappa shape index (κ1) is 19.8. The van der Waals surface area contributed by atoms with E-state index in [0.29, 0.717) is 11.3 Å². The van der Waals surface area contributed by atoms with E-state index in [-0.39, 0.29) is 31.0 Å². The lowest BCUT2D eigenvalue weighted by molar-refractivity contribution is -0.145. The molecule has 29 heavy (non-hydrogen) atoms. The number of nitrogens with zero attached hydrogens (tertiary/aromatic N) is 2. The van der Waals surface area contributed by atoms with Gasteiger partial charge in [-0.05, 0) is 30.7 Å². The molecule has 0 aliphatic carbocycles. The van der Waals surface area contributed by atoms with E-state index >= 15 is 0 Å². The molecule has 0 atom stereocenters. The van der Waals surface area contributed by atoms with Gasteiger partial charge >= 0.3 is 5.97 Å². The number of aromatic nitrogens is 2. The van der Waals surface area contributed by atoms with Crippen LogP contribution in [0.25, 0.3) is 5.65 Å². The molecule has 0 saturated heterocycles. The molecule has 0 saturated carbocycles. The molecular weight excluding hydrogens is 380 g/mol. The van der Waals surface area contributed by atoms with Crippen molar-refractivity contribution in [2.45, 2.75) is 13.5 Å². The van der Waals surface area contributed by atoms with Crippen molar-refractivity contribution >= 4 is 23.4 Å². The Hall–Kier alpha value is -3.95. The van der Waals surface area contributed by atoms with E-state index in [1.54, 1.807) is 18.3 Å². The molecule has 3 aromatic rings. The number of rotatable bonds is 7. The number of nitrogens with one attached hydrogen (secondary N) is 2. The van der Waals surface area contributed by atoms with Crippen LogP contribution in [0.5, 0.6) is 0 Å². The molecule has 0 spiro atoms. The number of furan rings is 1. The summed E-state index contributed by atoms with van der Waals surface area (Å²) in [6, 6.07) is 7.84. The molecule has 0 aromatic carbocycles. The van der Waals surface area contributed by atoms with E-state index in [4.69, 9.17) is 9.15 Å². The van der Waals surface area contributed by atoms with Gasteiger partial charge in [0.15, 0.2) is 5.76 Å². The van der Waals surface area contributed by atoms with Crippen molar-refractivity contribution in [3.05, 3.63) is 70.2 Å². The molecule has 2 N–H and O–H groups in total. The molecule has 10 heteroatoms. The number of amides is 2. The Labute approximate surface area is 164 Å². The maximum absolute atomic E-state index is 12.1. The van der Waals surface area contributed by atoms with Crippen molar-refractivity contribution < 1.29 is 23.5 Å². The van der Waals surface area contributed by atoms with Gasteiger partial charge in [-0.25, -0.2) is 4.98 Å². The summed E-state index contributed by atoms with van der Waals surface area (Å²) in [4.78, 5) is 51.6. The van der Waals surface area contributed by atoms with Crippen molar-refractivity contribution in [3.8, 4) is 0 Å². The van der Waals surface area contributed by atoms with Gasteiger partial charge in [-0.1, -0.05) is 6.07 Å². The quantitative estimate of drug-likeness (QED) is 0.543. The summed E-state index contributed by atoms with van der Waals surface area (Å²) in [5, 5.41) is 4.68. The zero-order valence-corrected chi connectivity index (χ0v) is 15.5. The summed E-state index contributed by atoms with van der Waals surface area (Å²) < 4.78 is 11.3. The molecule has 0 unspecified atom stereocenters. The summed E-state index contributed by atoms with van der Waals surface area (Å²) in [5.74, 6) is -1.75. The second kappa shape index (κ2) is 8.83. The molecule has 0 radical (unpaired) electrons. The van der Waals surface area contributed by atoms with E-state index in [2.05, 4.69) is 15.6 Å². The minimum Gasteiger partial charge on any atom is -0.459 e. The number of carbonyl (C=O) groups is 3. The molecule has 3 aromatic heterocycles. The lowest BCUT2D eigenvalue weighted by atomic mass is 10.3. The Morgan fingerprint density at radius 2 is 2.00 bits per heavy atom. The number of hydrogen-bond acceptors (Lipinski definition) is 7. The van der Waals surface area contributed by atoms with Crippen molar-refractivity contribution in [1.29, 1.82) is 0 Å². The second-order valence-corrected chi connectivity index (χ2v) is 6.07. The van der Waals surface area contributed by atoms with Gasteiger partial charge in [0.2, 0.25) is 5.91 Å². The standard InChI is InChI=1S/C19H18N4O6/c1-12-4-2-6-23-16(25)8-13(22-18(12)23)11-29-17(26)10-20-15(24)9-21-19(27)14-5-3-7-28-14/h2-8H,9-11H2,1H3,(H,20,24)(H,21,27). The summed E-state index contributed by atoms with van der Waals surface area (Å²) in [5.41, 5.74) is 1.30. The first-order valence-corrected chi connectivity index (χ1v) is 8.66. The van der Waals surface area contributed by atoms with Gasteiger partial charge < -0.3 is 19.8 Å². The average molecular weight is 398 g/mol. The van der Waals surface area contributed by atoms with E-state index < -0.39 is 17.8 Å². The fraction of sp³-hybridized carbons (Fsp3) is 0.211. The van der Waals surface area contributed by atoms with Gasteiger partial charge in [0.1, 0.15) is 18.8 Å². The minimum absolute atomic E-state index is 0.0752. The lowest BCUT2D eigenvalue weighted by Crippen LogP contribution is -2.39. The van der Waals surface area contributed by atoms with Crippen molar-refractivity contribution in [2.75, 3.05) is 13.1 Å². The zero-order valence-electron chi connectivity index (χ0n) is 15.5. The third kappa shape index (κ3) is 5.06. The highest BCUT2D eigenvalue weighted by Crippen LogP contribution is 2.06. The molecule has 0 aliphatic heterocycles. The monoisotopic (exact) mass is 398 g/mol. The van der Waals surface area contributed by atoms with E-state index in [9.17, 15) is 19.2 Å². The van der Waals surface area contributed by atoms with E-state index in [1.165, 1.54) is 22.8 Å². The first-order valence-electron chi connectivity index (χ1n) is 8.66. The highest BCUT2D eigenvalue weighted by molar-refractivity contribution is 5.94. The third-order valence-electron chi connectivity index (χ3n) is 3.90. The fourth-order valence-electron chi connectivity index (χ4n) is 2.48. The first-order chi connectivity index (χ1) is 13.9. The van der Waals surface area contributed by atoms with Crippen LogP contribution in [0.1, 0.15) is 21.8 Å². The molecule has 2 amide bonds. The highest BCUT2D eigenvalue weighted by Gasteiger charge is 2.12. The predicted molar refractivity (Wildman–Crippen MR) is 100 cm³/mol. The maximum Gasteiger partial charge on any atom is 0.325 e. The lowest BCUT2D eigenvalue weighted by Gasteiger charge is -2.08. The van der Waals surface area contributed by atoms with Crippen LogP contribution < -0.4 is 16.2 Å². The number of esters is 1. The normalized spacial score (nSPS) is 10.5. The Kier molecular flexibility index (Phi) is 6.03. The fourth-order valence-corrected chi connectivity index (χ4v) is 2.48. The molecular formula is C19H18N4O6. The van der Waals surface area contributed by atoms with Crippen LogP contribution in [-0.2, 0) is 20.9 Å².